The first-order valence-electron chi connectivity index (χ1n) is 8.10. The van der Waals surface area contributed by atoms with Crippen molar-refractivity contribution in [3.8, 4) is 0 Å². The van der Waals surface area contributed by atoms with Crippen molar-refractivity contribution in [1.29, 1.82) is 0 Å². The van der Waals surface area contributed by atoms with E-state index in [0.717, 1.165) is 32.3 Å². The maximum Gasteiger partial charge on any atom is 0.0903 e. The molecule has 0 aromatic carbocycles. The molecule has 0 bridgehead atoms. The predicted octanol–water partition coefficient (Wildman–Crippen LogP) is 3.03. The number of ether oxygens (including phenoxy) is 1. The molecule has 1 aliphatic heterocycles. The predicted molar refractivity (Wildman–Crippen MR) is 76.0 cm³/mol. The van der Waals surface area contributed by atoms with E-state index in [9.17, 15) is 10.2 Å². The molecule has 3 nitrogen and oxygen atoms in total. The molecule has 0 amide bonds. The lowest BCUT2D eigenvalue weighted by atomic mass is 9.71. The van der Waals surface area contributed by atoms with Crippen LogP contribution in [0.4, 0.5) is 0 Å². The highest BCUT2D eigenvalue weighted by Crippen LogP contribution is 2.43. The van der Waals surface area contributed by atoms with Gasteiger partial charge in [-0.05, 0) is 44.4 Å². The van der Waals surface area contributed by atoms with Crippen molar-refractivity contribution < 1.29 is 14.9 Å². The van der Waals surface area contributed by atoms with Crippen LogP contribution in [0.15, 0.2) is 0 Å². The lowest BCUT2D eigenvalue weighted by molar-refractivity contribution is -0.168. The lowest BCUT2D eigenvalue weighted by Gasteiger charge is -2.47. The molecule has 19 heavy (non-hydrogen) atoms. The van der Waals surface area contributed by atoms with E-state index in [1.54, 1.807) is 0 Å². The summed E-state index contributed by atoms with van der Waals surface area (Å²) >= 11 is 0. The molecule has 2 aliphatic rings. The summed E-state index contributed by atoms with van der Waals surface area (Å²) in [4.78, 5) is 0. The summed E-state index contributed by atoms with van der Waals surface area (Å²) in [7, 11) is 0. The van der Waals surface area contributed by atoms with Crippen molar-refractivity contribution in [1.82, 2.24) is 0 Å². The van der Waals surface area contributed by atoms with E-state index in [1.807, 2.05) is 13.8 Å². The highest BCUT2D eigenvalue weighted by atomic mass is 16.5. The van der Waals surface area contributed by atoms with E-state index in [1.165, 1.54) is 19.3 Å². The molecule has 112 valence electrons. The molecule has 2 fully saturated rings. The standard InChI is InChI=1S/C16H30O3/c1-3-16(18,4-2)14(17)13-8-11-19-15(12-13)9-6-5-7-10-15/h13-14,17-18H,3-12H2,1-2H3. The van der Waals surface area contributed by atoms with Gasteiger partial charge in [0.25, 0.3) is 0 Å². The summed E-state index contributed by atoms with van der Waals surface area (Å²) in [5.41, 5.74) is -0.914. The average Bonchev–Trinajstić information content (AvgIpc) is 2.46. The SMILES string of the molecule is CCC(O)(CC)C(O)C1CCOC2(CCCCC2)C1. The van der Waals surface area contributed by atoms with E-state index in [0.29, 0.717) is 12.8 Å². The zero-order chi connectivity index (χ0) is 13.9. The van der Waals surface area contributed by atoms with Crippen molar-refractivity contribution in [3.63, 3.8) is 0 Å². The molecule has 0 aromatic heterocycles. The number of aliphatic hydroxyl groups is 2. The first-order chi connectivity index (χ1) is 9.05. The fourth-order valence-electron chi connectivity index (χ4n) is 3.99. The first kappa shape index (κ1) is 15.3. The van der Waals surface area contributed by atoms with E-state index < -0.39 is 11.7 Å². The fourth-order valence-corrected chi connectivity index (χ4v) is 3.99. The van der Waals surface area contributed by atoms with E-state index in [2.05, 4.69) is 0 Å². The Balaban J connectivity index is 2.04. The molecule has 0 aromatic rings. The molecule has 1 spiro atoms. The number of hydrogen-bond donors (Lipinski definition) is 2. The maximum absolute atomic E-state index is 10.6. The molecule has 0 radical (unpaired) electrons. The second-order valence-corrected chi connectivity index (χ2v) is 6.60. The molecular weight excluding hydrogens is 240 g/mol. The van der Waals surface area contributed by atoms with Crippen LogP contribution in [-0.4, -0.2) is 34.1 Å². The molecule has 2 N–H and O–H groups in total. The molecule has 2 rings (SSSR count). The van der Waals surface area contributed by atoms with Gasteiger partial charge in [0.2, 0.25) is 0 Å². The Hall–Kier alpha value is -0.120. The summed E-state index contributed by atoms with van der Waals surface area (Å²) in [5.74, 6) is 0.191. The minimum absolute atomic E-state index is 0.00450. The summed E-state index contributed by atoms with van der Waals surface area (Å²) < 4.78 is 6.07. The van der Waals surface area contributed by atoms with Crippen molar-refractivity contribution in [2.45, 2.75) is 88.9 Å². The van der Waals surface area contributed by atoms with Gasteiger partial charge >= 0.3 is 0 Å². The van der Waals surface area contributed by atoms with Crippen LogP contribution in [0.3, 0.4) is 0 Å². The molecule has 1 saturated carbocycles. The second-order valence-electron chi connectivity index (χ2n) is 6.60. The van der Waals surface area contributed by atoms with Gasteiger partial charge in [-0.25, -0.2) is 0 Å². The molecule has 2 atom stereocenters. The molecule has 2 unspecified atom stereocenters. The Bertz CT molecular complexity index is 274. The fraction of sp³-hybridized carbons (Fsp3) is 1.00. The largest absolute Gasteiger partial charge is 0.390 e. The van der Waals surface area contributed by atoms with Crippen LogP contribution in [0.5, 0.6) is 0 Å². The Morgan fingerprint density at radius 3 is 2.42 bits per heavy atom. The zero-order valence-electron chi connectivity index (χ0n) is 12.5. The Morgan fingerprint density at radius 1 is 1.21 bits per heavy atom. The quantitative estimate of drug-likeness (QED) is 0.825. The monoisotopic (exact) mass is 270 g/mol. The second kappa shape index (κ2) is 6.11. The van der Waals surface area contributed by atoms with Gasteiger partial charge in [0.15, 0.2) is 0 Å². The lowest BCUT2D eigenvalue weighted by Crippen LogP contribution is -2.51. The van der Waals surface area contributed by atoms with Crippen molar-refractivity contribution in [2.75, 3.05) is 6.61 Å². The smallest absolute Gasteiger partial charge is 0.0903 e. The van der Waals surface area contributed by atoms with Crippen LogP contribution in [0.2, 0.25) is 0 Å². The number of rotatable bonds is 4. The summed E-state index contributed by atoms with van der Waals surface area (Å²) in [5, 5.41) is 21.1. The van der Waals surface area contributed by atoms with Gasteiger partial charge in [0.05, 0.1) is 17.3 Å². The third kappa shape index (κ3) is 3.14. The zero-order valence-corrected chi connectivity index (χ0v) is 12.5. The minimum Gasteiger partial charge on any atom is -0.390 e. The normalized spacial score (nSPS) is 29.4. The van der Waals surface area contributed by atoms with Gasteiger partial charge in [-0.15, -0.1) is 0 Å². The van der Waals surface area contributed by atoms with Crippen LogP contribution in [-0.2, 0) is 4.74 Å². The molecule has 1 heterocycles. The van der Waals surface area contributed by atoms with Crippen molar-refractivity contribution in [2.24, 2.45) is 5.92 Å². The average molecular weight is 270 g/mol. The van der Waals surface area contributed by atoms with Gasteiger partial charge in [-0.1, -0.05) is 33.1 Å². The third-order valence-electron chi connectivity index (χ3n) is 5.52. The van der Waals surface area contributed by atoms with Gasteiger partial charge in [-0.3, -0.25) is 0 Å². The maximum atomic E-state index is 10.6. The van der Waals surface area contributed by atoms with Crippen molar-refractivity contribution >= 4 is 0 Å². The van der Waals surface area contributed by atoms with Crippen molar-refractivity contribution in [3.05, 3.63) is 0 Å². The van der Waals surface area contributed by atoms with Gasteiger partial charge < -0.3 is 14.9 Å². The van der Waals surface area contributed by atoms with Crippen LogP contribution >= 0.6 is 0 Å². The van der Waals surface area contributed by atoms with Crippen LogP contribution in [0.1, 0.15) is 71.6 Å². The van der Waals surface area contributed by atoms with Gasteiger partial charge in [0.1, 0.15) is 0 Å². The van der Waals surface area contributed by atoms with E-state index in [4.69, 9.17) is 4.74 Å². The van der Waals surface area contributed by atoms with Crippen LogP contribution < -0.4 is 0 Å². The van der Waals surface area contributed by atoms with Gasteiger partial charge in [-0.2, -0.15) is 0 Å². The number of hydrogen-bond acceptors (Lipinski definition) is 3. The molecule has 1 aliphatic carbocycles. The van der Waals surface area contributed by atoms with E-state index in [-0.39, 0.29) is 11.5 Å². The number of aliphatic hydroxyl groups excluding tert-OH is 1. The molecule has 3 heteroatoms. The minimum atomic E-state index is -0.919. The topological polar surface area (TPSA) is 49.7 Å². The van der Waals surface area contributed by atoms with Crippen LogP contribution in [0, 0.1) is 5.92 Å². The Labute approximate surface area is 117 Å². The molecular formula is C16H30O3. The first-order valence-corrected chi connectivity index (χ1v) is 8.10. The highest BCUT2D eigenvalue weighted by molar-refractivity contribution is 4.96. The summed E-state index contributed by atoms with van der Waals surface area (Å²) in [6, 6.07) is 0. The molecule has 1 saturated heterocycles. The van der Waals surface area contributed by atoms with Crippen LogP contribution in [0.25, 0.3) is 0 Å². The highest BCUT2D eigenvalue weighted by Gasteiger charge is 2.45. The third-order valence-corrected chi connectivity index (χ3v) is 5.52. The van der Waals surface area contributed by atoms with E-state index >= 15 is 0 Å². The Kier molecular flexibility index (Phi) is 4.91. The summed E-state index contributed by atoms with van der Waals surface area (Å²) in [6.07, 6.45) is 8.51. The van der Waals surface area contributed by atoms with Gasteiger partial charge in [0, 0.05) is 6.61 Å². The summed E-state index contributed by atoms with van der Waals surface area (Å²) in [6.45, 7) is 4.66. The Morgan fingerprint density at radius 2 is 1.84 bits per heavy atom.